The first kappa shape index (κ1) is 15.6. The zero-order valence-corrected chi connectivity index (χ0v) is 12.2. The van der Waals surface area contributed by atoms with Crippen LogP contribution in [0.15, 0.2) is 54.6 Å². The summed E-state index contributed by atoms with van der Waals surface area (Å²) in [5, 5.41) is 0. The van der Waals surface area contributed by atoms with Crippen LogP contribution in [-0.2, 0) is 9.53 Å². The lowest BCUT2D eigenvalue weighted by atomic mass is 10.1. The van der Waals surface area contributed by atoms with Crippen LogP contribution in [0, 0.1) is 0 Å². The fraction of sp³-hybridized carbons (Fsp3) is 0.176. The summed E-state index contributed by atoms with van der Waals surface area (Å²) in [5.74, 6) is -0.186. The molecular formula is C17H16O5. The van der Waals surface area contributed by atoms with Gasteiger partial charge in [0.1, 0.15) is 24.7 Å². The molecule has 0 atom stereocenters. The fourth-order valence-electron chi connectivity index (χ4n) is 1.75. The second-order valence-corrected chi connectivity index (χ2v) is 4.36. The van der Waals surface area contributed by atoms with Crippen molar-refractivity contribution in [2.45, 2.75) is 0 Å². The van der Waals surface area contributed by atoms with Gasteiger partial charge in [0, 0.05) is 5.56 Å². The standard InChI is InChI=1S/C17H16O5/c1-20-17(19)16(18)13-7-9-15(10-8-13)22-12-11-21-14-5-3-2-4-6-14/h2-10H,11-12H2,1H3. The molecule has 0 aliphatic rings. The van der Waals surface area contributed by atoms with E-state index in [0.717, 1.165) is 5.75 Å². The SMILES string of the molecule is COC(=O)C(=O)c1ccc(OCCOc2ccccc2)cc1. The number of Topliss-reactive ketones (excluding diaryl/α,β-unsaturated/α-hetero) is 1. The molecule has 5 nitrogen and oxygen atoms in total. The number of hydrogen-bond acceptors (Lipinski definition) is 5. The third-order valence-electron chi connectivity index (χ3n) is 2.85. The molecule has 0 fully saturated rings. The number of carbonyl (C=O) groups excluding carboxylic acids is 2. The normalized spacial score (nSPS) is 9.86. The molecule has 0 aromatic heterocycles. The molecule has 0 heterocycles. The monoisotopic (exact) mass is 300 g/mol. The van der Waals surface area contributed by atoms with Gasteiger partial charge >= 0.3 is 5.97 Å². The van der Waals surface area contributed by atoms with Gasteiger partial charge in [-0.25, -0.2) is 4.79 Å². The van der Waals surface area contributed by atoms with Gasteiger partial charge in [0.15, 0.2) is 0 Å². The number of ketones is 1. The molecule has 0 bridgehead atoms. The van der Waals surface area contributed by atoms with E-state index in [2.05, 4.69) is 4.74 Å². The minimum Gasteiger partial charge on any atom is -0.490 e. The second-order valence-electron chi connectivity index (χ2n) is 4.36. The Morgan fingerprint density at radius 3 is 1.91 bits per heavy atom. The van der Waals surface area contributed by atoms with E-state index in [1.54, 1.807) is 12.1 Å². The largest absolute Gasteiger partial charge is 0.490 e. The first-order valence-electron chi connectivity index (χ1n) is 6.74. The van der Waals surface area contributed by atoms with E-state index in [-0.39, 0.29) is 5.56 Å². The van der Waals surface area contributed by atoms with Crippen LogP contribution in [-0.4, -0.2) is 32.1 Å². The molecule has 2 rings (SSSR count). The highest BCUT2D eigenvalue weighted by atomic mass is 16.5. The van der Waals surface area contributed by atoms with E-state index >= 15 is 0 Å². The quantitative estimate of drug-likeness (QED) is 0.340. The number of ether oxygens (including phenoxy) is 3. The number of hydrogen-bond donors (Lipinski definition) is 0. The summed E-state index contributed by atoms with van der Waals surface area (Å²) < 4.78 is 15.4. The van der Waals surface area contributed by atoms with E-state index in [0.29, 0.717) is 19.0 Å². The van der Waals surface area contributed by atoms with E-state index in [4.69, 9.17) is 9.47 Å². The van der Waals surface area contributed by atoms with E-state index < -0.39 is 11.8 Å². The predicted octanol–water partition coefficient (Wildman–Crippen LogP) is 2.50. The van der Waals surface area contributed by atoms with Gasteiger partial charge in [0.2, 0.25) is 0 Å². The molecule has 2 aromatic rings. The lowest BCUT2D eigenvalue weighted by molar-refractivity contribution is -0.135. The van der Waals surface area contributed by atoms with Crippen molar-refractivity contribution >= 4 is 11.8 Å². The Morgan fingerprint density at radius 1 is 0.818 bits per heavy atom. The van der Waals surface area contributed by atoms with E-state index in [1.165, 1.54) is 19.2 Å². The smallest absolute Gasteiger partial charge is 0.379 e. The Labute approximate surface area is 128 Å². The molecule has 22 heavy (non-hydrogen) atoms. The zero-order valence-electron chi connectivity index (χ0n) is 12.2. The van der Waals surface area contributed by atoms with Crippen molar-refractivity contribution in [3.63, 3.8) is 0 Å². The summed E-state index contributed by atoms with van der Waals surface area (Å²) in [6.45, 7) is 0.784. The fourth-order valence-corrected chi connectivity index (χ4v) is 1.75. The summed E-state index contributed by atoms with van der Waals surface area (Å²) in [5.41, 5.74) is 0.264. The van der Waals surface area contributed by atoms with Crippen molar-refractivity contribution in [3.05, 3.63) is 60.2 Å². The molecule has 0 radical (unpaired) electrons. The molecule has 0 amide bonds. The van der Waals surface area contributed by atoms with E-state index in [1.807, 2.05) is 30.3 Å². The highest BCUT2D eigenvalue weighted by Crippen LogP contribution is 2.13. The van der Waals surface area contributed by atoms with E-state index in [9.17, 15) is 9.59 Å². The van der Waals surface area contributed by atoms with Gasteiger partial charge in [-0.05, 0) is 36.4 Å². The zero-order chi connectivity index (χ0) is 15.8. The van der Waals surface area contributed by atoms with Gasteiger partial charge < -0.3 is 14.2 Å². The summed E-state index contributed by atoms with van der Waals surface area (Å²) >= 11 is 0. The topological polar surface area (TPSA) is 61.8 Å². The number of esters is 1. The van der Waals surface area contributed by atoms with Crippen LogP contribution in [0.25, 0.3) is 0 Å². The number of para-hydroxylation sites is 1. The van der Waals surface area contributed by atoms with Crippen molar-refractivity contribution in [3.8, 4) is 11.5 Å². The molecule has 0 N–H and O–H groups in total. The van der Waals surface area contributed by atoms with Crippen LogP contribution in [0.4, 0.5) is 0 Å². The molecule has 114 valence electrons. The number of carbonyl (C=O) groups is 2. The third kappa shape index (κ3) is 4.34. The summed E-state index contributed by atoms with van der Waals surface area (Å²) in [6.07, 6.45) is 0. The van der Waals surface area contributed by atoms with Crippen LogP contribution in [0.2, 0.25) is 0 Å². The third-order valence-corrected chi connectivity index (χ3v) is 2.85. The number of benzene rings is 2. The van der Waals surface area contributed by atoms with Gasteiger partial charge in [-0.3, -0.25) is 4.79 Å². The summed E-state index contributed by atoms with van der Waals surface area (Å²) in [6, 6.07) is 15.7. The molecule has 0 aliphatic heterocycles. The van der Waals surface area contributed by atoms with Gasteiger partial charge in [-0.2, -0.15) is 0 Å². The highest BCUT2D eigenvalue weighted by Gasteiger charge is 2.16. The first-order chi connectivity index (χ1) is 10.7. The Balaban J connectivity index is 1.79. The maximum atomic E-state index is 11.6. The lowest BCUT2D eigenvalue weighted by Gasteiger charge is -2.08. The van der Waals surface area contributed by atoms with Crippen LogP contribution < -0.4 is 9.47 Å². The Morgan fingerprint density at radius 2 is 1.36 bits per heavy atom. The first-order valence-corrected chi connectivity index (χ1v) is 6.74. The molecule has 0 aliphatic carbocycles. The second kappa shape index (κ2) is 7.83. The number of methoxy groups -OCH3 is 1. The average molecular weight is 300 g/mol. The molecule has 2 aromatic carbocycles. The highest BCUT2D eigenvalue weighted by molar-refractivity contribution is 6.40. The summed E-state index contributed by atoms with van der Waals surface area (Å²) in [7, 11) is 1.17. The molecular weight excluding hydrogens is 284 g/mol. The predicted molar refractivity (Wildman–Crippen MR) is 80.2 cm³/mol. The van der Waals surface area contributed by atoms with Crippen LogP contribution in [0.1, 0.15) is 10.4 Å². The van der Waals surface area contributed by atoms with Crippen LogP contribution in [0.5, 0.6) is 11.5 Å². The Bertz CT molecular complexity index is 619. The minimum atomic E-state index is -0.884. The number of rotatable bonds is 7. The maximum Gasteiger partial charge on any atom is 0.379 e. The van der Waals surface area contributed by atoms with Crippen molar-refractivity contribution in [2.24, 2.45) is 0 Å². The van der Waals surface area contributed by atoms with Gasteiger partial charge in [0.25, 0.3) is 5.78 Å². The van der Waals surface area contributed by atoms with Crippen molar-refractivity contribution in [1.29, 1.82) is 0 Å². The maximum absolute atomic E-state index is 11.6. The average Bonchev–Trinajstić information content (AvgIpc) is 2.59. The van der Waals surface area contributed by atoms with Crippen LogP contribution in [0.3, 0.4) is 0 Å². The molecule has 5 heteroatoms. The van der Waals surface area contributed by atoms with Crippen LogP contribution >= 0.6 is 0 Å². The van der Waals surface area contributed by atoms with Crippen molar-refractivity contribution in [1.82, 2.24) is 0 Å². The van der Waals surface area contributed by atoms with Crippen molar-refractivity contribution in [2.75, 3.05) is 20.3 Å². The Hall–Kier alpha value is -2.82. The molecule has 0 saturated heterocycles. The van der Waals surface area contributed by atoms with Gasteiger partial charge in [-0.15, -0.1) is 0 Å². The Kier molecular flexibility index (Phi) is 5.54. The van der Waals surface area contributed by atoms with Crippen molar-refractivity contribution < 1.29 is 23.8 Å². The lowest BCUT2D eigenvalue weighted by Crippen LogP contribution is -2.15. The molecule has 0 unspecified atom stereocenters. The van der Waals surface area contributed by atoms with Gasteiger partial charge in [-0.1, -0.05) is 18.2 Å². The minimum absolute atomic E-state index is 0.264. The van der Waals surface area contributed by atoms with Gasteiger partial charge in [0.05, 0.1) is 7.11 Å². The summed E-state index contributed by atoms with van der Waals surface area (Å²) in [4.78, 5) is 22.7. The molecule has 0 saturated carbocycles. The molecule has 0 spiro atoms.